The highest BCUT2D eigenvalue weighted by Gasteiger charge is 2.34. The second kappa shape index (κ2) is 6.71. The number of carbonyl (C=O) groups is 2. The van der Waals surface area contributed by atoms with E-state index in [1.807, 2.05) is 12.1 Å². The molecule has 8 nitrogen and oxygen atoms in total. The molecular weight excluding hydrogens is 314 g/mol. The van der Waals surface area contributed by atoms with Crippen molar-refractivity contribution in [3.63, 3.8) is 0 Å². The van der Waals surface area contributed by atoms with Crippen LogP contribution in [0.3, 0.4) is 0 Å². The van der Waals surface area contributed by atoms with Gasteiger partial charge in [0, 0.05) is 12.1 Å². The number of aromatic amines is 1. The number of ether oxygens (including phenoxy) is 2. The fraction of sp³-hybridized carbons (Fsp3) is 0.312. The molecule has 1 unspecified atom stereocenters. The van der Waals surface area contributed by atoms with Gasteiger partial charge in [-0.25, -0.2) is 4.79 Å². The monoisotopic (exact) mass is 331 g/mol. The van der Waals surface area contributed by atoms with Gasteiger partial charge >= 0.3 is 5.97 Å². The zero-order valence-corrected chi connectivity index (χ0v) is 13.1. The topological polar surface area (TPSA) is 105 Å². The Labute approximate surface area is 138 Å². The SMILES string of the molecule is COc1ccc(-c2cc(C(=O)N3CCOCC3C(=O)O)[nH]n2)cc1. The zero-order valence-electron chi connectivity index (χ0n) is 13.1. The van der Waals surface area contributed by atoms with Gasteiger partial charge in [0.2, 0.25) is 0 Å². The Morgan fingerprint density at radius 1 is 1.38 bits per heavy atom. The van der Waals surface area contributed by atoms with Gasteiger partial charge in [-0.05, 0) is 30.3 Å². The normalized spacial score (nSPS) is 17.5. The second-order valence-corrected chi connectivity index (χ2v) is 5.32. The quantitative estimate of drug-likeness (QED) is 0.866. The first-order valence-electron chi connectivity index (χ1n) is 7.41. The van der Waals surface area contributed by atoms with Gasteiger partial charge in [-0.1, -0.05) is 0 Å². The third kappa shape index (κ3) is 3.09. The maximum absolute atomic E-state index is 12.6. The van der Waals surface area contributed by atoms with Crippen LogP contribution in [0, 0.1) is 0 Å². The Morgan fingerprint density at radius 3 is 2.79 bits per heavy atom. The lowest BCUT2D eigenvalue weighted by atomic mass is 10.1. The molecule has 0 aliphatic carbocycles. The fourth-order valence-electron chi connectivity index (χ4n) is 2.55. The summed E-state index contributed by atoms with van der Waals surface area (Å²) >= 11 is 0. The van der Waals surface area contributed by atoms with E-state index < -0.39 is 17.9 Å². The van der Waals surface area contributed by atoms with Crippen molar-refractivity contribution in [2.24, 2.45) is 0 Å². The lowest BCUT2D eigenvalue weighted by Gasteiger charge is -2.32. The lowest BCUT2D eigenvalue weighted by Crippen LogP contribution is -2.52. The summed E-state index contributed by atoms with van der Waals surface area (Å²) in [6.07, 6.45) is 0. The van der Waals surface area contributed by atoms with Crippen molar-refractivity contribution in [3.05, 3.63) is 36.0 Å². The number of H-pyrrole nitrogens is 1. The van der Waals surface area contributed by atoms with Crippen molar-refractivity contribution in [1.82, 2.24) is 15.1 Å². The summed E-state index contributed by atoms with van der Waals surface area (Å²) in [4.78, 5) is 25.1. The van der Waals surface area contributed by atoms with Crippen LogP contribution < -0.4 is 4.74 Å². The van der Waals surface area contributed by atoms with Gasteiger partial charge in [0.15, 0.2) is 6.04 Å². The van der Waals surface area contributed by atoms with Gasteiger partial charge in [-0.3, -0.25) is 9.89 Å². The first-order chi connectivity index (χ1) is 11.6. The highest BCUT2D eigenvalue weighted by Crippen LogP contribution is 2.22. The molecule has 1 saturated heterocycles. The average molecular weight is 331 g/mol. The standard InChI is InChI=1S/C16H17N3O5/c1-23-11-4-2-10(3-5-11)12-8-13(18-17-12)15(20)19-6-7-24-9-14(19)16(21)22/h2-5,8,14H,6-7,9H2,1H3,(H,17,18)(H,21,22). The predicted octanol–water partition coefficient (Wildman–Crippen LogP) is 1.01. The molecule has 0 spiro atoms. The predicted molar refractivity (Wildman–Crippen MR) is 83.9 cm³/mol. The molecule has 1 atom stereocenters. The number of nitrogens with zero attached hydrogens (tertiary/aromatic N) is 2. The molecule has 8 heteroatoms. The molecular formula is C16H17N3O5. The molecule has 126 valence electrons. The Bertz CT molecular complexity index is 740. The maximum Gasteiger partial charge on any atom is 0.328 e. The van der Waals surface area contributed by atoms with Crippen molar-refractivity contribution >= 4 is 11.9 Å². The molecule has 1 aliphatic rings. The third-order valence-electron chi connectivity index (χ3n) is 3.87. The molecule has 1 aromatic carbocycles. The number of amides is 1. The Hall–Kier alpha value is -2.87. The summed E-state index contributed by atoms with van der Waals surface area (Å²) in [5, 5.41) is 16.0. The van der Waals surface area contributed by atoms with Crippen LogP contribution in [0.15, 0.2) is 30.3 Å². The average Bonchev–Trinajstić information content (AvgIpc) is 3.11. The molecule has 24 heavy (non-hydrogen) atoms. The van der Waals surface area contributed by atoms with Crippen LogP contribution in [-0.4, -0.2) is 65.0 Å². The number of hydrogen-bond donors (Lipinski definition) is 2. The highest BCUT2D eigenvalue weighted by atomic mass is 16.5. The largest absolute Gasteiger partial charge is 0.497 e. The Balaban J connectivity index is 1.81. The van der Waals surface area contributed by atoms with Gasteiger partial charge in [0.1, 0.15) is 11.4 Å². The van der Waals surface area contributed by atoms with Gasteiger partial charge < -0.3 is 19.5 Å². The molecule has 2 aromatic rings. The molecule has 1 aromatic heterocycles. The number of rotatable bonds is 4. The first-order valence-corrected chi connectivity index (χ1v) is 7.41. The minimum atomic E-state index is -1.09. The highest BCUT2D eigenvalue weighted by molar-refractivity contribution is 5.96. The second-order valence-electron chi connectivity index (χ2n) is 5.32. The van der Waals surface area contributed by atoms with Gasteiger partial charge in [-0.15, -0.1) is 0 Å². The van der Waals surface area contributed by atoms with Crippen LogP contribution in [0.25, 0.3) is 11.3 Å². The summed E-state index contributed by atoms with van der Waals surface area (Å²) < 4.78 is 10.2. The van der Waals surface area contributed by atoms with E-state index in [-0.39, 0.29) is 18.8 Å². The molecule has 1 aliphatic heterocycles. The molecule has 0 bridgehead atoms. The minimum absolute atomic E-state index is 0.0133. The van der Waals surface area contributed by atoms with Crippen LogP contribution in [0.1, 0.15) is 10.5 Å². The van der Waals surface area contributed by atoms with E-state index in [2.05, 4.69) is 10.2 Å². The van der Waals surface area contributed by atoms with Crippen LogP contribution in [0.5, 0.6) is 5.75 Å². The minimum Gasteiger partial charge on any atom is -0.497 e. The Kier molecular flexibility index (Phi) is 4.48. The van der Waals surface area contributed by atoms with Crippen molar-refractivity contribution in [2.45, 2.75) is 6.04 Å². The van der Waals surface area contributed by atoms with E-state index in [0.717, 1.165) is 11.3 Å². The van der Waals surface area contributed by atoms with Crippen molar-refractivity contribution in [2.75, 3.05) is 26.9 Å². The Morgan fingerprint density at radius 2 is 2.12 bits per heavy atom. The summed E-state index contributed by atoms with van der Waals surface area (Å²) in [5.74, 6) is -0.765. The van der Waals surface area contributed by atoms with Gasteiger partial charge in [0.25, 0.3) is 5.91 Å². The zero-order chi connectivity index (χ0) is 17.1. The van der Waals surface area contributed by atoms with Gasteiger partial charge in [-0.2, -0.15) is 5.10 Å². The van der Waals surface area contributed by atoms with Gasteiger partial charge in [0.05, 0.1) is 26.0 Å². The lowest BCUT2D eigenvalue weighted by molar-refractivity contribution is -0.147. The van der Waals surface area contributed by atoms with E-state index in [1.54, 1.807) is 25.3 Å². The van der Waals surface area contributed by atoms with E-state index >= 15 is 0 Å². The molecule has 3 rings (SSSR count). The van der Waals surface area contributed by atoms with Crippen molar-refractivity contribution in [3.8, 4) is 17.0 Å². The van der Waals surface area contributed by atoms with Crippen LogP contribution in [0.4, 0.5) is 0 Å². The number of nitrogens with one attached hydrogen (secondary N) is 1. The summed E-state index contributed by atoms with van der Waals surface area (Å²) in [5.41, 5.74) is 1.66. The molecule has 0 saturated carbocycles. The molecule has 2 N–H and O–H groups in total. The summed E-state index contributed by atoms with van der Waals surface area (Å²) in [7, 11) is 1.58. The number of morpholine rings is 1. The van der Waals surface area contributed by atoms with E-state index in [1.165, 1.54) is 4.90 Å². The molecule has 1 fully saturated rings. The smallest absolute Gasteiger partial charge is 0.328 e. The summed E-state index contributed by atoms with van der Waals surface area (Å²) in [6, 6.07) is 7.88. The molecule has 2 heterocycles. The number of methoxy groups -OCH3 is 1. The van der Waals surface area contributed by atoms with E-state index in [9.17, 15) is 14.7 Å². The number of carboxylic acids is 1. The number of carbonyl (C=O) groups excluding carboxylic acids is 1. The van der Waals surface area contributed by atoms with Crippen LogP contribution in [0.2, 0.25) is 0 Å². The van der Waals surface area contributed by atoms with Crippen LogP contribution in [-0.2, 0) is 9.53 Å². The van der Waals surface area contributed by atoms with Crippen molar-refractivity contribution in [1.29, 1.82) is 0 Å². The van der Waals surface area contributed by atoms with E-state index in [4.69, 9.17) is 9.47 Å². The molecule has 0 radical (unpaired) electrons. The number of aromatic nitrogens is 2. The van der Waals surface area contributed by atoms with E-state index in [0.29, 0.717) is 12.3 Å². The summed E-state index contributed by atoms with van der Waals surface area (Å²) in [6.45, 7) is 0.530. The fourth-order valence-corrected chi connectivity index (χ4v) is 2.55. The van der Waals surface area contributed by atoms with Crippen LogP contribution >= 0.6 is 0 Å². The van der Waals surface area contributed by atoms with Crippen molar-refractivity contribution < 1.29 is 24.2 Å². The first kappa shape index (κ1) is 16.0. The number of benzene rings is 1. The third-order valence-corrected chi connectivity index (χ3v) is 3.87. The number of aliphatic carboxylic acids is 1. The maximum atomic E-state index is 12.6. The number of hydrogen-bond acceptors (Lipinski definition) is 5. The molecule has 1 amide bonds. The number of carboxylic acid groups (broad SMARTS) is 1.